The van der Waals surface area contributed by atoms with Gasteiger partial charge in [0.2, 0.25) is 5.79 Å². The van der Waals surface area contributed by atoms with Gasteiger partial charge >= 0.3 is 0 Å². The summed E-state index contributed by atoms with van der Waals surface area (Å²) in [6, 6.07) is 0. The van der Waals surface area contributed by atoms with Crippen LogP contribution in [0.15, 0.2) is 22.9 Å². The summed E-state index contributed by atoms with van der Waals surface area (Å²) in [5.74, 6) is 8.24. The van der Waals surface area contributed by atoms with Gasteiger partial charge in [-0.05, 0) is 35.7 Å². The molecule has 31 heavy (non-hydrogen) atoms. The highest BCUT2D eigenvalue weighted by Crippen LogP contribution is 2.48. The van der Waals surface area contributed by atoms with Crippen LogP contribution >= 0.6 is 0 Å². The van der Waals surface area contributed by atoms with E-state index in [2.05, 4.69) is 70.0 Å². The number of hydrogen-bond donors (Lipinski definition) is 0. The molecule has 0 radical (unpaired) electrons. The van der Waals surface area contributed by atoms with Crippen LogP contribution in [0.5, 0.6) is 0 Å². The molecule has 0 unspecified atom stereocenters. The number of Topliss-reactive ketones (excluding diaryl/α,β-unsaturated/α-hetero) is 1. The Balaban J connectivity index is 1.84. The van der Waals surface area contributed by atoms with Gasteiger partial charge in [-0.3, -0.25) is 4.79 Å². The number of carbonyl (C=O) groups excluding carboxylic acids is 1. The van der Waals surface area contributed by atoms with Crippen molar-refractivity contribution in [2.45, 2.75) is 77.3 Å². The summed E-state index contributed by atoms with van der Waals surface area (Å²) in [6.07, 6.45) is 5.19. The Morgan fingerprint density at radius 1 is 1.03 bits per heavy atom. The third kappa shape index (κ3) is 4.05. The second-order valence-electron chi connectivity index (χ2n) is 9.63. The fraction of sp³-hybridized carbons (Fsp3) is 0.600. The van der Waals surface area contributed by atoms with E-state index in [1.807, 2.05) is 13.0 Å². The fourth-order valence-electron chi connectivity index (χ4n) is 5.28. The summed E-state index contributed by atoms with van der Waals surface area (Å²) in [6.45, 7) is 16.5. The second kappa shape index (κ2) is 8.79. The molecule has 166 valence electrons. The highest BCUT2D eigenvalue weighted by molar-refractivity contribution is 6.90. The molecule has 0 aromatic carbocycles. The maximum Gasteiger partial charge on any atom is 0.218 e. The summed E-state index contributed by atoms with van der Waals surface area (Å²) >= 11 is 0. The molecule has 1 atom stereocenters. The zero-order chi connectivity index (χ0) is 22.9. The van der Waals surface area contributed by atoms with Crippen LogP contribution in [0.4, 0.5) is 0 Å². The molecule has 5 nitrogen and oxygen atoms in total. The average molecular weight is 440 g/mol. The van der Waals surface area contributed by atoms with Crippen LogP contribution in [0.1, 0.15) is 70.9 Å². The first-order valence-electron chi connectivity index (χ1n) is 11.1. The number of ether oxygens (including phenoxy) is 2. The molecule has 0 N–H and O–H groups in total. The van der Waals surface area contributed by atoms with Crippen molar-refractivity contribution in [3.05, 3.63) is 29.7 Å². The zero-order valence-corrected chi connectivity index (χ0v) is 20.7. The van der Waals surface area contributed by atoms with Crippen LogP contribution in [-0.2, 0) is 15.3 Å². The lowest BCUT2D eigenvalue weighted by Crippen LogP contribution is -2.44. The van der Waals surface area contributed by atoms with Crippen LogP contribution in [0, 0.1) is 28.7 Å². The van der Waals surface area contributed by atoms with Crippen LogP contribution in [0.25, 0.3) is 0 Å². The SMILES string of the molecule is CC(C)[Si](C#C/C=C\C#C[C@]1(C)CC2(OCCO2)c2nocc2C1=O)(C(C)C)C(C)C. The van der Waals surface area contributed by atoms with Crippen molar-refractivity contribution in [2.24, 2.45) is 5.41 Å². The Hall–Kier alpha value is -2.12. The number of hydrogen-bond acceptors (Lipinski definition) is 5. The molecular formula is C25H33NO4Si. The fourth-order valence-corrected chi connectivity index (χ4v) is 10.5. The van der Waals surface area contributed by atoms with E-state index >= 15 is 0 Å². The van der Waals surface area contributed by atoms with E-state index in [9.17, 15) is 4.79 Å². The summed E-state index contributed by atoms with van der Waals surface area (Å²) in [5, 5.41) is 3.97. The van der Waals surface area contributed by atoms with Gasteiger partial charge in [0.05, 0.1) is 24.2 Å². The molecule has 1 fully saturated rings. The van der Waals surface area contributed by atoms with E-state index in [1.165, 1.54) is 6.26 Å². The maximum atomic E-state index is 13.1. The van der Waals surface area contributed by atoms with E-state index in [0.717, 1.165) is 0 Å². The van der Waals surface area contributed by atoms with Gasteiger partial charge in [-0.1, -0.05) is 64.5 Å². The number of allylic oxidation sites excluding steroid dienone is 2. The Morgan fingerprint density at radius 3 is 2.19 bits per heavy atom. The van der Waals surface area contributed by atoms with E-state index in [1.54, 1.807) is 6.08 Å². The Morgan fingerprint density at radius 2 is 1.61 bits per heavy atom. The zero-order valence-electron chi connectivity index (χ0n) is 19.7. The predicted molar refractivity (Wildman–Crippen MR) is 123 cm³/mol. The summed E-state index contributed by atoms with van der Waals surface area (Å²) < 4.78 is 16.8. The lowest BCUT2D eigenvalue weighted by atomic mass is 9.71. The van der Waals surface area contributed by atoms with Crippen molar-refractivity contribution in [2.75, 3.05) is 13.2 Å². The third-order valence-corrected chi connectivity index (χ3v) is 13.1. The van der Waals surface area contributed by atoms with Crippen molar-refractivity contribution in [1.29, 1.82) is 0 Å². The molecule has 1 aromatic heterocycles. The Labute approximate surface area is 186 Å². The van der Waals surface area contributed by atoms with Gasteiger partial charge in [0.15, 0.2) is 11.5 Å². The molecule has 0 bridgehead atoms. The summed E-state index contributed by atoms with van der Waals surface area (Å²) in [4.78, 5) is 13.1. The first-order valence-corrected chi connectivity index (χ1v) is 13.3. The van der Waals surface area contributed by atoms with Gasteiger partial charge in [0.25, 0.3) is 0 Å². The van der Waals surface area contributed by atoms with Crippen molar-refractivity contribution in [3.63, 3.8) is 0 Å². The average Bonchev–Trinajstić information content (AvgIpc) is 3.35. The quantitative estimate of drug-likeness (QED) is 0.476. The minimum Gasteiger partial charge on any atom is -0.364 e. The molecule has 6 heteroatoms. The smallest absolute Gasteiger partial charge is 0.218 e. The molecule has 2 heterocycles. The predicted octanol–water partition coefficient (Wildman–Crippen LogP) is 5.25. The van der Waals surface area contributed by atoms with Gasteiger partial charge in [-0.25, -0.2) is 0 Å². The van der Waals surface area contributed by atoms with Crippen LogP contribution in [0.3, 0.4) is 0 Å². The lowest BCUT2D eigenvalue weighted by Gasteiger charge is -2.37. The minimum atomic E-state index is -1.76. The molecular weight excluding hydrogens is 406 g/mol. The first kappa shape index (κ1) is 23.5. The Bertz CT molecular complexity index is 955. The standard InChI is InChI=1S/C25H33NO4Si/c1-18(2)31(19(3)4,20(5)6)15-11-9-8-10-12-24(7)17-25(28-13-14-29-25)22-21(23(24)27)16-30-26-22/h8-9,16,18-20H,13-14,17H2,1-7H3/b9-8-/t24-/m1/s1. The van der Waals surface area contributed by atoms with E-state index < -0.39 is 19.3 Å². The van der Waals surface area contributed by atoms with Gasteiger partial charge in [-0.15, -0.1) is 5.54 Å². The van der Waals surface area contributed by atoms with Crippen LogP contribution in [0.2, 0.25) is 16.6 Å². The molecule has 1 saturated heterocycles. The monoisotopic (exact) mass is 439 g/mol. The summed E-state index contributed by atoms with van der Waals surface area (Å²) in [5.41, 5.74) is 5.25. The lowest BCUT2D eigenvalue weighted by molar-refractivity contribution is -0.187. The molecule has 3 rings (SSSR count). The van der Waals surface area contributed by atoms with Crippen molar-refractivity contribution in [1.82, 2.24) is 5.16 Å². The molecule has 1 aliphatic heterocycles. The van der Waals surface area contributed by atoms with Crippen LogP contribution in [-0.4, -0.2) is 32.2 Å². The van der Waals surface area contributed by atoms with Gasteiger partial charge < -0.3 is 14.0 Å². The molecule has 2 aliphatic rings. The van der Waals surface area contributed by atoms with Gasteiger partial charge in [0, 0.05) is 6.42 Å². The molecule has 1 aliphatic carbocycles. The number of carbonyl (C=O) groups is 1. The van der Waals surface area contributed by atoms with Gasteiger partial charge in [0.1, 0.15) is 14.3 Å². The minimum absolute atomic E-state index is 0.119. The number of aromatic nitrogens is 1. The highest BCUT2D eigenvalue weighted by atomic mass is 28.3. The first-order chi connectivity index (χ1) is 14.6. The molecule has 0 amide bonds. The number of ketones is 1. The highest BCUT2D eigenvalue weighted by Gasteiger charge is 2.56. The number of rotatable bonds is 3. The van der Waals surface area contributed by atoms with Gasteiger partial charge in [-0.2, -0.15) is 0 Å². The third-order valence-electron chi connectivity index (χ3n) is 6.77. The van der Waals surface area contributed by atoms with E-state index in [0.29, 0.717) is 41.1 Å². The number of fused-ring (bicyclic) bond motifs is 2. The summed E-state index contributed by atoms with van der Waals surface area (Å²) in [7, 11) is -1.76. The topological polar surface area (TPSA) is 61.6 Å². The van der Waals surface area contributed by atoms with Crippen LogP contribution < -0.4 is 0 Å². The Kier molecular flexibility index (Phi) is 6.67. The number of nitrogens with zero attached hydrogens (tertiary/aromatic N) is 1. The van der Waals surface area contributed by atoms with E-state index in [4.69, 9.17) is 14.0 Å². The molecule has 0 saturated carbocycles. The normalized spacial score (nSPS) is 22.7. The molecule has 1 spiro atoms. The largest absolute Gasteiger partial charge is 0.364 e. The molecule has 1 aromatic rings. The van der Waals surface area contributed by atoms with Crippen molar-refractivity contribution >= 4 is 13.9 Å². The second-order valence-corrected chi connectivity index (χ2v) is 15.2. The van der Waals surface area contributed by atoms with Crippen molar-refractivity contribution < 1.29 is 18.8 Å². The maximum absolute atomic E-state index is 13.1. The van der Waals surface area contributed by atoms with Crippen molar-refractivity contribution in [3.8, 4) is 23.3 Å². The van der Waals surface area contributed by atoms with E-state index in [-0.39, 0.29) is 12.2 Å².